The van der Waals surface area contributed by atoms with E-state index in [-0.39, 0.29) is 28.5 Å². The first-order valence-corrected chi connectivity index (χ1v) is 12.4. The van der Waals surface area contributed by atoms with Crippen LogP contribution in [0.25, 0.3) is 16.9 Å². The average Bonchev–Trinajstić information content (AvgIpc) is 3.50. The molecule has 5 rings (SSSR count). The van der Waals surface area contributed by atoms with Crippen LogP contribution in [0.2, 0.25) is 0 Å². The third kappa shape index (κ3) is 4.76. The molecule has 1 aliphatic rings. The lowest BCUT2D eigenvalue weighted by Gasteiger charge is -2.28. The SMILES string of the molecule is Cn1c(Nc2cc(C(C)(C)C)n(C3CCOCC3)n2)nc2ncc(OC(=CN)c3cnccn3)c(C#N)c21. The summed E-state index contributed by atoms with van der Waals surface area (Å²) in [5.41, 5.74) is 8.42. The van der Waals surface area contributed by atoms with Crippen molar-refractivity contribution in [1.82, 2.24) is 34.3 Å². The molecule has 3 N–H and O–H groups in total. The van der Waals surface area contributed by atoms with Gasteiger partial charge in [-0.25, -0.2) is 9.97 Å². The molecule has 4 aromatic heterocycles. The number of hydrogen-bond acceptors (Lipinski definition) is 10. The number of aromatic nitrogens is 7. The molecule has 1 saturated heterocycles. The number of nitrogens with zero attached hydrogens (tertiary/aromatic N) is 8. The Kier molecular flexibility index (Phi) is 6.69. The lowest BCUT2D eigenvalue weighted by Crippen LogP contribution is -2.26. The molecule has 0 unspecified atom stereocenters. The third-order valence-electron chi connectivity index (χ3n) is 6.44. The van der Waals surface area contributed by atoms with Gasteiger partial charge >= 0.3 is 0 Å². The minimum absolute atomic E-state index is 0.100. The van der Waals surface area contributed by atoms with E-state index in [0.29, 0.717) is 28.6 Å². The maximum Gasteiger partial charge on any atom is 0.210 e. The molecule has 0 atom stereocenters. The summed E-state index contributed by atoms with van der Waals surface area (Å²) in [4.78, 5) is 17.3. The molecule has 0 amide bonds. The van der Waals surface area contributed by atoms with Gasteiger partial charge in [-0.05, 0) is 12.8 Å². The summed E-state index contributed by atoms with van der Waals surface area (Å²) in [7, 11) is 1.81. The average molecular weight is 515 g/mol. The van der Waals surface area contributed by atoms with Crippen LogP contribution in [0, 0.1) is 11.3 Å². The molecule has 0 aromatic carbocycles. The number of anilines is 2. The molecule has 0 bridgehead atoms. The van der Waals surface area contributed by atoms with Crippen molar-refractivity contribution in [1.29, 1.82) is 5.26 Å². The van der Waals surface area contributed by atoms with Crippen molar-refractivity contribution in [3.8, 4) is 11.8 Å². The second kappa shape index (κ2) is 10.1. The number of nitrogens with two attached hydrogens (primary N) is 1. The third-order valence-corrected chi connectivity index (χ3v) is 6.44. The van der Waals surface area contributed by atoms with Gasteiger partial charge in [0.2, 0.25) is 5.95 Å². The van der Waals surface area contributed by atoms with Crippen molar-refractivity contribution in [3.63, 3.8) is 0 Å². The number of pyridine rings is 1. The zero-order valence-corrected chi connectivity index (χ0v) is 21.8. The van der Waals surface area contributed by atoms with Crippen LogP contribution in [0.1, 0.15) is 56.6 Å². The van der Waals surface area contributed by atoms with Gasteiger partial charge in [-0.1, -0.05) is 20.8 Å². The van der Waals surface area contributed by atoms with Crippen molar-refractivity contribution in [2.75, 3.05) is 18.5 Å². The van der Waals surface area contributed by atoms with Crippen molar-refractivity contribution in [3.05, 3.63) is 54.0 Å². The quantitative estimate of drug-likeness (QED) is 0.365. The second-order valence-electron chi connectivity index (χ2n) is 10.1. The van der Waals surface area contributed by atoms with Crippen LogP contribution in [0.15, 0.2) is 37.1 Å². The predicted octanol–water partition coefficient (Wildman–Crippen LogP) is 3.56. The van der Waals surface area contributed by atoms with Crippen LogP contribution in [-0.4, -0.2) is 47.5 Å². The van der Waals surface area contributed by atoms with Gasteiger partial charge in [0.15, 0.2) is 23.0 Å². The van der Waals surface area contributed by atoms with Gasteiger partial charge in [-0.2, -0.15) is 15.3 Å². The van der Waals surface area contributed by atoms with Gasteiger partial charge in [0.1, 0.15) is 22.8 Å². The van der Waals surface area contributed by atoms with Crippen LogP contribution in [0.4, 0.5) is 11.8 Å². The number of rotatable bonds is 6. The maximum atomic E-state index is 10.0. The second-order valence-corrected chi connectivity index (χ2v) is 10.1. The topological polar surface area (TPSA) is 155 Å². The van der Waals surface area contributed by atoms with E-state index in [2.05, 4.69) is 62.8 Å². The normalized spacial score (nSPS) is 15.0. The Morgan fingerprint density at radius 2 is 2.03 bits per heavy atom. The summed E-state index contributed by atoms with van der Waals surface area (Å²) in [6, 6.07) is 4.56. The fourth-order valence-electron chi connectivity index (χ4n) is 4.51. The van der Waals surface area contributed by atoms with Crippen LogP contribution in [-0.2, 0) is 17.2 Å². The van der Waals surface area contributed by atoms with E-state index < -0.39 is 0 Å². The highest BCUT2D eigenvalue weighted by Crippen LogP contribution is 2.34. The Morgan fingerprint density at radius 3 is 2.68 bits per heavy atom. The van der Waals surface area contributed by atoms with Gasteiger partial charge < -0.3 is 25.1 Å². The fourth-order valence-corrected chi connectivity index (χ4v) is 4.51. The first-order chi connectivity index (χ1) is 18.3. The van der Waals surface area contributed by atoms with Crippen LogP contribution >= 0.6 is 0 Å². The number of nitriles is 1. The molecule has 12 nitrogen and oxygen atoms in total. The Labute approximate surface area is 220 Å². The molecule has 0 spiro atoms. The monoisotopic (exact) mass is 514 g/mol. The van der Waals surface area contributed by atoms with E-state index in [1.54, 1.807) is 10.8 Å². The van der Waals surface area contributed by atoms with E-state index in [1.807, 2.05) is 7.05 Å². The summed E-state index contributed by atoms with van der Waals surface area (Å²) in [6.07, 6.45) is 9.16. The number of hydrogen-bond donors (Lipinski definition) is 2. The highest BCUT2D eigenvalue weighted by Gasteiger charge is 2.27. The molecule has 0 radical (unpaired) electrons. The van der Waals surface area contributed by atoms with Crippen molar-refractivity contribution >= 4 is 28.7 Å². The van der Waals surface area contributed by atoms with E-state index >= 15 is 0 Å². The Balaban J connectivity index is 1.50. The number of imidazole rings is 1. The van der Waals surface area contributed by atoms with Gasteiger partial charge in [0, 0.05) is 56.0 Å². The fraction of sp³-hybridized carbons (Fsp3) is 0.385. The number of nitrogens with one attached hydrogen (secondary N) is 1. The number of fused-ring (bicyclic) bond motifs is 1. The number of ether oxygens (including phenoxy) is 2. The van der Waals surface area contributed by atoms with Gasteiger partial charge in [-0.3, -0.25) is 9.67 Å². The minimum atomic E-state index is -0.100. The summed E-state index contributed by atoms with van der Waals surface area (Å²) < 4.78 is 15.4. The summed E-state index contributed by atoms with van der Waals surface area (Å²) in [5.74, 6) is 1.66. The molecule has 5 heterocycles. The van der Waals surface area contributed by atoms with Gasteiger partial charge in [-0.15, -0.1) is 0 Å². The molecule has 4 aromatic rings. The van der Waals surface area contributed by atoms with Crippen LogP contribution < -0.4 is 15.8 Å². The van der Waals surface area contributed by atoms with E-state index in [0.717, 1.165) is 31.7 Å². The zero-order valence-electron chi connectivity index (χ0n) is 21.8. The lowest BCUT2D eigenvalue weighted by molar-refractivity contribution is 0.0646. The van der Waals surface area contributed by atoms with Crippen molar-refractivity contribution < 1.29 is 9.47 Å². The van der Waals surface area contributed by atoms with Gasteiger partial charge in [0.25, 0.3) is 0 Å². The molecule has 38 heavy (non-hydrogen) atoms. The molecule has 1 aliphatic heterocycles. The minimum Gasteiger partial charge on any atom is -0.450 e. The Bertz CT molecular complexity index is 1520. The highest BCUT2D eigenvalue weighted by atomic mass is 16.5. The smallest absolute Gasteiger partial charge is 0.210 e. The maximum absolute atomic E-state index is 10.0. The van der Waals surface area contributed by atoms with Crippen LogP contribution in [0.3, 0.4) is 0 Å². The van der Waals surface area contributed by atoms with Gasteiger partial charge in [0.05, 0.1) is 18.4 Å². The van der Waals surface area contributed by atoms with Crippen LogP contribution in [0.5, 0.6) is 5.75 Å². The van der Waals surface area contributed by atoms with Crippen molar-refractivity contribution in [2.45, 2.75) is 45.1 Å². The van der Waals surface area contributed by atoms with E-state index in [1.165, 1.54) is 24.8 Å². The first-order valence-electron chi connectivity index (χ1n) is 12.4. The molecule has 196 valence electrons. The molecule has 1 fully saturated rings. The first kappa shape index (κ1) is 25.2. The zero-order chi connectivity index (χ0) is 26.9. The summed E-state index contributed by atoms with van der Waals surface area (Å²) >= 11 is 0. The number of aryl methyl sites for hydroxylation is 1. The molecular weight excluding hydrogens is 484 g/mol. The Morgan fingerprint density at radius 1 is 1.24 bits per heavy atom. The summed E-state index contributed by atoms with van der Waals surface area (Å²) in [6.45, 7) is 7.98. The molecule has 12 heteroatoms. The largest absolute Gasteiger partial charge is 0.450 e. The Hall–Kier alpha value is -4.50. The van der Waals surface area contributed by atoms with Crippen molar-refractivity contribution in [2.24, 2.45) is 12.8 Å². The summed E-state index contributed by atoms with van der Waals surface area (Å²) in [5, 5.41) is 18.3. The van der Waals surface area contributed by atoms with E-state index in [9.17, 15) is 5.26 Å². The molecular formula is C26H30N10O2. The predicted molar refractivity (Wildman–Crippen MR) is 141 cm³/mol. The highest BCUT2D eigenvalue weighted by molar-refractivity contribution is 5.84. The molecule has 0 saturated carbocycles. The molecule has 0 aliphatic carbocycles. The standard InChI is InChI=1S/C26H30N10O2/c1-26(2,3)21-11-22(34-36(21)16-5-9-37-10-6-16)32-25-33-24-23(35(25)4)17(12-27)20(15-31-24)38-19(13-28)18-14-29-7-8-30-18/h7-8,11,13-16H,5-6,9-10,28H2,1-4H3,(H,31,32,33,34). The van der Waals surface area contributed by atoms with E-state index in [4.69, 9.17) is 20.3 Å². The lowest BCUT2D eigenvalue weighted by atomic mass is 9.91.